The number of amides is 4. The van der Waals surface area contributed by atoms with Crippen LogP contribution in [0.2, 0.25) is 0 Å². The highest BCUT2D eigenvalue weighted by molar-refractivity contribution is 6.23. The van der Waals surface area contributed by atoms with Crippen molar-refractivity contribution in [1.29, 1.82) is 0 Å². The van der Waals surface area contributed by atoms with Crippen molar-refractivity contribution >= 4 is 35.0 Å². The Labute approximate surface area is 160 Å². The normalized spacial score (nSPS) is 18.9. The van der Waals surface area contributed by atoms with E-state index in [9.17, 15) is 19.2 Å². The molecule has 1 saturated heterocycles. The van der Waals surface area contributed by atoms with Crippen LogP contribution in [0.25, 0.3) is 0 Å². The summed E-state index contributed by atoms with van der Waals surface area (Å²) in [6.45, 7) is 0.418. The van der Waals surface area contributed by atoms with Crippen molar-refractivity contribution in [3.05, 3.63) is 59.2 Å². The lowest BCUT2D eigenvalue weighted by Gasteiger charge is -2.27. The van der Waals surface area contributed by atoms with E-state index in [1.54, 1.807) is 24.3 Å². The Kier molecular flexibility index (Phi) is 4.31. The first-order valence-electron chi connectivity index (χ1n) is 8.88. The number of benzene rings is 2. The van der Waals surface area contributed by atoms with Crippen molar-refractivity contribution in [3.63, 3.8) is 0 Å². The molecular weight excluding hydrogens is 360 g/mol. The number of carbonyl (C=O) groups excluding carboxylic acids is 4. The van der Waals surface area contributed by atoms with Gasteiger partial charge in [-0.1, -0.05) is 18.2 Å². The molecule has 4 amide bonds. The summed E-state index contributed by atoms with van der Waals surface area (Å²) in [6, 6.07) is 11.4. The smallest absolute Gasteiger partial charge is 0.262 e. The zero-order valence-electron chi connectivity index (χ0n) is 14.9. The zero-order chi connectivity index (χ0) is 19.8. The van der Waals surface area contributed by atoms with Gasteiger partial charge in [-0.05, 0) is 36.2 Å². The van der Waals surface area contributed by atoms with E-state index in [2.05, 4.69) is 10.6 Å². The van der Waals surface area contributed by atoms with Crippen LogP contribution in [0, 0.1) is 0 Å². The van der Waals surface area contributed by atoms with Gasteiger partial charge in [0.25, 0.3) is 11.8 Å². The molecule has 2 heterocycles. The number of fused-ring (bicyclic) bond motifs is 1. The average Bonchev–Trinajstić information content (AvgIpc) is 2.92. The van der Waals surface area contributed by atoms with Crippen molar-refractivity contribution in [1.82, 2.24) is 10.2 Å². The molecule has 1 fully saturated rings. The molecule has 0 aromatic heterocycles. The second-order valence-corrected chi connectivity index (χ2v) is 6.77. The van der Waals surface area contributed by atoms with E-state index in [1.807, 2.05) is 18.2 Å². The number of imide groups is 2. The van der Waals surface area contributed by atoms with Gasteiger partial charge in [0, 0.05) is 13.0 Å². The number of nitrogens with two attached hydrogens (primary N) is 1. The van der Waals surface area contributed by atoms with E-state index in [4.69, 9.17) is 5.73 Å². The van der Waals surface area contributed by atoms with Gasteiger partial charge >= 0.3 is 0 Å². The van der Waals surface area contributed by atoms with Gasteiger partial charge in [-0.2, -0.15) is 0 Å². The molecule has 1 atom stereocenters. The Balaban J connectivity index is 1.55. The summed E-state index contributed by atoms with van der Waals surface area (Å²) in [7, 11) is 0. The fourth-order valence-corrected chi connectivity index (χ4v) is 3.48. The molecule has 1 unspecified atom stereocenters. The molecule has 0 aliphatic carbocycles. The maximum atomic E-state index is 12.8. The number of nitrogens with one attached hydrogen (secondary N) is 2. The first kappa shape index (κ1) is 17.7. The Morgan fingerprint density at radius 3 is 2.54 bits per heavy atom. The Morgan fingerprint density at radius 1 is 1.04 bits per heavy atom. The van der Waals surface area contributed by atoms with E-state index < -0.39 is 29.7 Å². The van der Waals surface area contributed by atoms with Crippen molar-refractivity contribution in [2.75, 3.05) is 11.1 Å². The van der Waals surface area contributed by atoms with Crippen LogP contribution in [0.5, 0.6) is 0 Å². The lowest BCUT2D eigenvalue weighted by molar-refractivity contribution is -0.136. The molecule has 2 aliphatic heterocycles. The van der Waals surface area contributed by atoms with Gasteiger partial charge < -0.3 is 11.1 Å². The molecule has 0 saturated carbocycles. The SMILES string of the molecule is Nc1ccccc1NCc1ccc2c(c1)C(=O)N(C1CCC(=O)NC1=O)C2=O. The number of hydrogen-bond donors (Lipinski definition) is 3. The molecule has 0 bridgehead atoms. The topological polar surface area (TPSA) is 122 Å². The maximum absolute atomic E-state index is 12.8. The lowest BCUT2D eigenvalue weighted by Crippen LogP contribution is -2.54. The van der Waals surface area contributed by atoms with Gasteiger partial charge in [0.1, 0.15) is 6.04 Å². The molecule has 4 N–H and O–H groups in total. The minimum absolute atomic E-state index is 0.0947. The summed E-state index contributed by atoms with van der Waals surface area (Å²) in [4.78, 5) is 49.9. The van der Waals surface area contributed by atoms with E-state index >= 15 is 0 Å². The van der Waals surface area contributed by atoms with Gasteiger partial charge in [0.2, 0.25) is 11.8 Å². The van der Waals surface area contributed by atoms with Crippen LogP contribution < -0.4 is 16.4 Å². The van der Waals surface area contributed by atoms with Crippen LogP contribution in [-0.4, -0.2) is 34.6 Å². The van der Waals surface area contributed by atoms with Crippen molar-refractivity contribution in [2.24, 2.45) is 0 Å². The maximum Gasteiger partial charge on any atom is 0.262 e. The summed E-state index contributed by atoms with van der Waals surface area (Å²) in [6.07, 6.45) is 0.231. The van der Waals surface area contributed by atoms with E-state index in [-0.39, 0.29) is 24.0 Å². The molecule has 142 valence electrons. The van der Waals surface area contributed by atoms with E-state index in [0.29, 0.717) is 12.2 Å². The molecule has 4 rings (SSSR count). The Hall–Kier alpha value is -3.68. The van der Waals surface area contributed by atoms with Crippen molar-refractivity contribution < 1.29 is 19.2 Å². The molecule has 8 heteroatoms. The number of nitrogens with zero attached hydrogens (tertiary/aromatic N) is 1. The molecule has 2 aromatic rings. The fraction of sp³-hybridized carbons (Fsp3) is 0.200. The highest BCUT2D eigenvalue weighted by atomic mass is 16.2. The summed E-state index contributed by atoms with van der Waals surface area (Å²) in [5.41, 5.74) is 8.61. The van der Waals surface area contributed by atoms with Crippen molar-refractivity contribution in [3.8, 4) is 0 Å². The van der Waals surface area contributed by atoms with E-state index in [1.165, 1.54) is 0 Å². The van der Waals surface area contributed by atoms with Crippen molar-refractivity contribution in [2.45, 2.75) is 25.4 Å². The summed E-state index contributed by atoms with van der Waals surface area (Å²) in [5.74, 6) is -2.05. The monoisotopic (exact) mass is 378 g/mol. The third-order valence-electron chi connectivity index (χ3n) is 4.95. The fourth-order valence-electron chi connectivity index (χ4n) is 3.48. The average molecular weight is 378 g/mol. The second-order valence-electron chi connectivity index (χ2n) is 6.77. The third kappa shape index (κ3) is 2.98. The van der Waals surface area contributed by atoms with E-state index in [0.717, 1.165) is 16.2 Å². The summed E-state index contributed by atoms with van der Waals surface area (Å²) in [5, 5.41) is 5.38. The van der Waals surface area contributed by atoms with Crippen LogP contribution in [0.4, 0.5) is 11.4 Å². The highest BCUT2D eigenvalue weighted by Crippen LogP contribution is 2.28. The molecule has 0 spiro atoms. The molecule has 0 radical (unpaired) electrons. The minimum Gasteiger partial charge on any atom is -0.397 e. The molecule has 8 nitrogen and oxygen atoms in total. The largest absolute Gasteiger partial charge is 0.397 e. The predicted octanol–water partition coefficient (Wildman–Crippen LogP) is 1.28. The quantitative estimate of drug-likeness (QED) is 0.544. The van der Waals surface area contributed by atoms with Crippen LogP contribution in [0.1, 0.15) is 39.1 Å². The number of piperidine rings is 1. The second kappa shape index (κ2) is 6.80. The zero-order valence-corrected chi connectivity index (χ0v) is 14.9. The number of para-hydroxylation sites is 2. The standard InChI is InChI=1S/C20H18N4O4/c21-14-3-1-2-4-15(14)22-10-11-5-6-12-13(9-11)20(28)24(19(12)27)16-7-8-17(25)23-18(16)26/h1-6,9,16,22H,7-8,10,21H2,(H,23,25,26). The van der Waals surface area contributed by atoms with Crippen LogP contribution in [-0.2, 0) is 16.1 Å². The minimum atomic E-state index is -0.962. The van der Waals surface area contributed by atoms with Gasteiger partial charge in [0.15, 0.2) is 0 Å². The first-order chi connectivity index (χ1) is 13.5. The van der Waals surface area contributed by atoms with Crippen LogP contribution in [0.3, 0.4) is 0 Å². The molecule has 2 aliphatic rings. The Bertz CT molecular complexity index is 1020. The van der Waals surface area contributed by atoms with Gasteiger partial charge in [-0.15, -0.1) is 0 Å². The lowest BCUT2D eigenvalue weighted by atomic mass is 10.0. The number of carbonyl (C=O) groups is 4. The number of rotatable bonds is 4. The van der Waals surface area contributed by atoms with Gasteiger partial charge in [-0.3, -0.25) is 29.4 Å². The first-order valence-corrected chi connectivity index (χ1v) is 8.88. The number of anilines is 2. The van der Waals surface area contributed by atoms with Gasteiger partial charge in [-0.25, -0.2) is 0 Å². The summed E-state index contributed by atoms with van der Waals surface area (Å²) < 4.78 is 0. The van der Waals surface area contributed by atoms with Crippen LogP contribution in [0.15, 0.2) is 42.5 Å². The number of nitrogen functional groups attached to an aromatic ring is 1. The molecule has 2 aromatic carbocycles. The molecular formula is C20H18N4O4. The predicted molar refractivity (Wildman–Crippen MR) is 101 cm³/mol. The third-order valence-corrected chi connectivity index (χ3v) is 4.95. The Morgan fingerprint density at radius 2 is 1.79 bits per heavy atom. The number of hydrogen-bond acceptors (Lipinski definition) is 6. The highest BCUT2D eigenvalue weighted by Gasteiger charge is 2.44. The molecule has 28 heavy (non-hydrogen) atoms. The van der Waals surface area contributed by atoms with Crippen LogP contribution >= 0.6 is 0 Å². The van der Waals surface area contributed by atoms with Gasteiger partial charge in [0.05, 0.1) is 22.5 Å². The summed E-state index contributed by atoms with van der Waals surface area (Å²) >= 11 is 0.